The molecule has 0 radical (unpaired) electrons. The van der Waals surface area contributed by atoms with Crippen LogP contribution >= 0.6 is 0 Å². The molecule has 3 rings (SSSR count). The van der Waals surface area contributed by atoms with Crippen molar-refractivity contribution in [1.29, 1.82) is 0 Å². The van der Waals surface area contributed by atoms with E-state index in [-0.39, 0.29) is 24.6 Å². The van der Waals surface area contributed by atoms with E-state index in [1.807, 2.05) is 0 Å². The third kappa shape index (κ3) is 2.86. The zero-order valence-electron chi connectivity index (χ0n) is 11.6. The van der Waals surface area contributed by atoms with Crippen LogP contribution in [0.3, 0.4) is 0 Å². The van der Waals surface area contributed by atoms with Crippen molar-refractivity contribution in [3.63, 3.8) is 0 Å². The minimum Gasteiger partial charge on any atom is -0.481 e. The summed E-state index contributed by atoms with van der Waals surface area (Å²) in [5.74, 6) is -0.548. The molecular formula is C14H14N2O6. The van der Waals surface area contributed by atoms with Crippen molar-refractivity contribution in [1.82, 2.24) is 10.1 Å². The Morgan fingerprint density at radius 1 is 1.41 bits per heavy atom. The lowest BCUT2D eigenvalue weighted by Gasteiger charge is -2.34. The number of carbonyl (C=O) groups is 2. The van der Waals surface area contributed by atoms with Gasteiger partial charge in [-0.25, -0.2) is 0 Å². The maximum atomic E-state index is 12.5. The second-order valence-electron chi connectivity index (χ2n) is 4.88. The standard InChI is InChI=1S/C14H14N2O6/c17-13(18)6-9-8-20-5-3-16(9)14(19)10-7-12(22-15-10)11-2-1-4-21-11/h1-2,4,7,9H,3,5-6,8H2,(H,17,18). The predicted molar refractivity (Wildman–Crippen MR) is 72.1 cm³/mol. The number of aromatic nitrogens is 1. The highest BCUT2D eigenvalue weighted by Gasteiger charge is 2.31. The summed E-state index contributed by atoms with van der Waals surface area (Å²) in [5.41, 5.74) is 0.115. The van der Waals surface area contributed by atoms with E-state index in [0.717, 1.165) is 0 Å². The first-order valence-electron chi connectivity index (χ1n) is 6.76. The number of carboxylic acid groups (broad SMARTS) is 1. The molecule has 0 aromatic carbocycles. The molecule has 8 nitrogen and oxygen atoms in total. The Kier molecular flexibility index (Phi) is 3.92. The van der Waals surface area contributed by atoms with E-state index in [2.05, 4.69) is 5.16 Å². The summed E-state index contributed by atoms with van der Waals surface area (Å²) < 4.78 is 15.5. The van der Waals surface area contributed by atoms with Crippen molar-refractivity contribution in [2.75, 3.05) is 19.8 Å². The normalized spacial score (nSPS) is 18.4. The van der Waals surface area contributed by atoms with Gasteiger partial charge in [-0.2, -0.15) is 0 Å². The first-order chi connectivity index (χ1) is 10.6. The summed E-state index contributed by atoms with van der Waals surface area (Å²) in [6.45, 7) is 0.880. The molecule has 116 valence electrons. The number of furan rings is 1. The van der Waals surface area contributed by atoms with Crippen molar-refractivity contribution in [3.05, 3.63) is 30.2 Å². The maximum Gasteiger partial charge on any atom is 0.305 e. The zero-order chi connectivity index (χ0) is 15.5. The Balaban J connectivity index is 1.78. The van der Waals surface area contributed by atoms with Crippen molar-refractivity contribution >= 4 is 11.9 Å². The van der Waals surface area contributed by atoms with E-state index in [9.17, 15) is 9.59 Å². The Morgan fingerprint density at radius 2 is 2.27 bits per heavy atom. The van der Waals surface area contributed by atoms with E-state index in [1.165, 1.54) is 17.2 Å². The molecule has 0 spiro atoms. The van der Waals surface area contributed by atoms with Crippen molar-refractivity contribution in [2.45, 2.75) is 12.5 Å². The first-order valence-corrected chi connectivity index (χ1v) is 6.76. The number of nitrogens with zero attached hydrogens (tertiary/aromatic N) is 2. The van der Waals surface area contributed by atoms with Crippen LogP contribution in [0.2, 0.25) is 0 Å². The van der Waals surface area contributed by atoms with Crippen LogP contribution in [0.25, 0.3) is 11.5 Å². The van der Waals surface area contributed by atoms with Gasteiger partial charge in [0, 0.05) is 12.6 Å². The summed E-state index contributed by atoms with van der Waals surface area (Å²) in [6.07, 6.45) is 1.32. The number of amides is 1. The molecule has 0 aliphatic carbocycles. The average molecular weight is 306 g/mol. The molecule has 2 aromatic heterocycles. The van der Waals surface area contributed by atoms with Crippen LogP contribution in [0, 0.1) is 0 Å². The van der Waals surface area contributed by atoms with Crippen LogP contribution in [-0.2, 0) is 9.53 Å². The van der Waals surface area contributed by atoms with Crippen LogP contribution in [-0.4, -0.2) is 52.8 Å². The molecule has 1 N–H and O–H groups in total. The summed E-state index contributed by atoms with van der Waals surface area (Å²) in [5, 5.41) is 12.7. The fourth-order valence-corrected chi connectivity index (χ4v) is 2.35. The van der Waals surface area contributed by atoms with Gasteiger partial charge in [0.05, 0.1) is 31.9 Å². The van der Waals surface area contributed by atoms with Gasteiger partial charge in [0.25, 0.3) is 5.91 Å². The molecule has 2 aromatic rings. The van der Waals surface area contributed by atoms with Gasteiger partial charge in [0.2, 0.25) is 5.76 Å². The molecule has 0 bridgehead atoms. The fourth-order valence-electron chi connectivity index (χ4n) is 2.35. The van der Waals surface area contributed by atoms with Crippen LogP contribution in [0.5, 0.6) is 0 Å². The number of aliphatic carboxylic acids is 1. The van der Waals surface area contributed by atoms with Crippen LogP contribution in [0.15, 0.2) is 33.4 Å². The van der Waals surface area contributed by atoms with Crippen LogP contribution in [0.1, 0.15) is 16.9 Å². The Bertz CT molecular complexity index is 663. The van der Waals surface area contributed by atoms with E-state index in [0.29, 0.717) is 24.7 Å². The zero-order valence-corrected chi connectivity index (χ0v) is 11.6. The van der Waals surface area contributed by atoms with Gasteiger partial charge in [-0.15, -0.1) is 0 Å². The highest BCUT2D eigenvalue weighted by molar-refractivity contribution is 5.93. The second kappa shape index (κ2) is 6.02. The summed E-state index contributed by atoms with van der Waals surface area (Å²) >= 11 is 0. The number of rotatable bonds is 4. The minimum absolute atomic E-state index is 0.115. The van der Waals surface area contributed by atoms with Gasteiger partial charge in [-0.05, 0) is 12.1 Å². The summed E-state index contributed by atoms with van der Waals surface area (Å²) in [4.78, 5) is 24.9. The Morgan fingerprint density at radius 3 is 3.00 bits per heavy atom. The predicted octanol–water partition coefficient (Wildman–Crippen LogP) is 1.25. The Labute approximate surface area is 125 Å². The fraction of sp³-hybridized carbons (Fsp3) is 0.357. The third-order valence-corrected chi connectivity index (χ3v) is 3.39. The largest absolute Gasteiger partial charge is 0.481 e. The number of morpholine rings is 1. The highest BCUT2D eigenvalue weighted by atomic mass is 16.5. The van der Waals surface area contributed by atoms with Gasteiger partial charge in [0.15, 0.2) is 11.5 Å². The second-order valence-corrected chi connectivity index (χ2v) is 4.88. The molecule has 1 aliphatic rings. The number of carbonyl (C=O) groups excluding carboxylic acids is 1. The molecule has 1 amide bonds. The lowest BCUT2D eigenvalue weighted by atomic mass is 10.1. The van der Waals surface area contributed by atoms with E-state index < -0.39 is 12.0 Å². The van der Waals surface area contributed by atoms with Gasteiger partial charge in [-0.1, -0.05) is 5.16 Å². The number of ether oxygens (including phenoxy) is 1. The molecule has 8 heteroatoms. The van der Waals surface area contributed by atoms with Gasteiger partial charge >= 0.3 is 5.97 Å². The maximum absolute atomic E-state index is 12.5. The topological polar surface area (TPSA) is 106 Å². The number of carboxylic acids is 1. The third-order valence-electron chi connectivity index (χ3n) is 3.39. The molecule has 1 aliphatic heterocycles. The van der Waals surface area contributed by atoms with Gasteiger partial charge < -0.3 is 23.7 Å². The lowest BCUT2D eigenvalue weighted by molar-refractivity contribution is -0.139. The van der Waals surface area contributed by atoms with Crippen LogP contribution in [0.4, 0.5) is 0 Å². The monoisotopic (exact) mass is 306 g/mol. The quantitative estimate of drug-likeness (QED) is 0.906. The molecule has 0 saturated carbocycles. The SMILES string of the molecule is O=C(O)CC1COCCN1C(=O)c1cc(-c2ccco2)on1. The van der Waals surface area contributed by atoms with Crippen LogP contribution < -0.4 is 0 Å². The highest BCUT2D eigenvalue weighted by Crippen LogP contribution is 2.22. The summed E-state index contributed by atoms with van der Waals surface area (Å²) in [7, 11) is 0. The molecule has 1 atom stereocenters. The van der Waals surface area contributed by atoms with E-state index in [1.54, 1.807) is 12.1 Å². The number of hydrogen-bond acceptors (Lipinski definition) is 6. The van der Waals surface area contributed by atoms with Crippen molar-refractivity contribution in [3.8, 4) is 11.5 Å². The molecule has 1 saturated heterocycles. The summed E-state index contributed by atoms with van der Waals surface area (Å²) in [6, 6.07) is 4.36. The van der Waals surface area contributed by atoms with Gasteiger partial charge in [-0.3, -0.25) is 9.59 Å². The first kappa shape index (κ1) is 14.3. The van der Waals surface area contributed by atoms with E-state index in [4.69, 9.17) is 18.8 Å². The average Bonchev–Trinajstić information content (AvgIpc) is 3.17. The molecular weight excluding hydrogens is 292 g/mol. The van der Waals surface area contributed by atoms with Crippen molar-refractivity contribution < 1.29 is 28.4 Å². The smallest absolute Gasteiger partial charge is 0.305 e. The number of hydrogen-bond donors (Lipinski definition) is 1. The molecule has 3 heterocycles. The van der Waals surface area contributed by atoms with Gasteiger partial charge in [0.1, 0.15) is 0 Å². The Hall–Kier alpha value is -2.61. The molecule has 22 heavy (non-hydrogen) atoms. The van der Waals surface area contributed by atoms with E-state index >= 15 is 0 Å². The molecule has 1 fully saturated rings. The lowest BCUT2D eigenvalue weighted by Crippen LogP contribution is -2.49. The molecule has 1 unspecified atom stereocenters. The minimum atomic E-state index is -0.982. The van der Waals surface area contributed by atoms with Crippen molar-refractivity contribution in [2.24, 2.45) is 0 Å².